The highest BCUT2D eigenvalue weighted by Crippen LogP contribution is 2.35. The Morgan fingerprint density at radius 3 is 2.55 bits per heavy atom. The summed E-state index contributed by atoms with van der Waals surface area (Å²) in [6, 6.07) is 14.0. The van der Waals surface area contributed by atoms with Gasteiger partial charge in [0.1, 0.15) is 0 Å². The highest BCUT2D eigenvalue weighted by Gasteiger charge is 2.42. The number of aliphatic hydroxyl groups excluding tert-OH is 2. The Labute approximate surface area is 131 Å². The van der Waals surface area contributed by atoms with Gasteiger partial charge in [0, 0.05) is 36.6 Å². The zero-order valence-electron chi connectivity index (χ0n) is 12.6. The summed E-state index contributed by atoms with van der Waals surface area (Å²) < 4.78 is 0. The van der Waals surface area contributed by atoms with Gasteiger partial charge in [-0.05, 0) is 30.5 Å². The Balaban J connectivity index is 1.84. The van der Waals surface area contributed by atoms with Crippen molar-refractivity contribution in [2.75, 3.05) is 24.6 Å². The fourth-order valence-electron chi connectivity index (χ4n) is 3.31. The van der Waals surface area contributed by atoms with Crippen molar-refractivity contribution >= 4 is 5.69 Å². The molecule has 4 nitrogen and oxygen atoms in total. The minimum Gasteiger partial charge on any atom is -0.396 e. The number of hydrogen-bond acceptors (Lipinski definition) is 4. The molecule has 4 heteroatoms. The van der Waals surface area contributed by atoms with Crippen LogP contribution in [-0.2, 0) is 6.42 Å². The molecule has 0 amide bonds. The molecule has 0 radical (unpaired) electrons. The summed E-state index contributed by atoms with van der Waals surface area (Å²) in [5.74, 6) is 0. The lowest BCUT2D eigenvalue weighted by Gasteiger charge is -2.46. The van der Waals surface area contributed by atoms with E-state index < -0.39 is 11.5 Å². The molecular weight excluding hydrogens is 276 g/mol. The lowest BCUT2D eigenvalue weighted by Crippen LogP contribution is -2.55. The molecule has 3 rings (SSSR count). The fraction of sp³-hybridized carbons (Fsp3) is 0.389. The number of piperidine rings is 1. The monoisotopic (exact) mass is 298 g/mol. The first kappa shape index (κ1) is 15.0. The molecule has 0 aliphatic carbocycles. The van der Waals surface area contributed by atoms with Crippen molar-refractivity contribution in [3.63, 3.8) is 0 Å². The number of nitrogens with zero attached hydrogens (tertiary/aromatic N) is 2. The van der Waals surface area contributed by atoms with Crippen molar-refractivity contribution in [1.82, 2.24) is 4.98 Å². The molecule has 1 saturated heterocycles. The highest BCUT2D eigenvalue weighted by molar-refractivity contribution is 5.45. The largest absolute Gasteiger partial charge is 0.396 e. The molecule has 0 saturated carbocycles. The first-order valence-corrected chi connectivity index (χ1v) is 7.71. The Bertz CT molecular complexity index is 591. The second-order valence-corrected chi connectivity index (χ2v) is 6.11. The summed E-state index contributed by atoms with van der Waals surface area (Å²) in [7, 11) is 0. The first-order chi connectivity index (χ1) is 10.7. The summed E-state index contributed by atoms with van der Waals surface area (Å²) in [4.78, 5) is 6.28. The van der Waals surface area contributed by atoms with Gasteiger partial charge >= 0.3 is 0 Å². The summed E-state index contributed by atoms with van der Waals surface area (Å²) in [5.41, 5.74) is 1.71. The molecule has 1 aliphatic heterocycles. The van der Waals surface area contributed by atoms with Crippen molar-refractivity contribution < 1.29 is 10.2 Å². The van der Waals surface area contributed by atoms with Gasteiger partial charge in [0.05, 0.1) is 12.7 Å². The fourth-order valence-corrected chi connectivity index (χ4v) is 3.31. The Kier molecular flexibility index (Phi) is 4.41. The normalized spacial score (nSPS) is 25.2. The number of rotatable bonds is 4. The first-order valence-electron chi connectivity index (χ1n) is 7.71. The van der Waals surface area contributed by atoms with E-state index in [0.717, 1.165) is 17.8 Å². The van der Waals surface area contributed by atoms with Gasteiger partial charge in [0.25, 0.3) is 0 Å². The second-order valence-electron chi connectivity index (χ2n) is 6.11. The van der Waals surface area contributed by atoms with Crippen molar-refractivity contribution in [1.29, 1.82) is 0 Å². The predicted octanol–water partition coefficient (Wildman–Crippen LogP) is 1.87. The zero-order chi connectivity index (χ0) is 15.4. The molecule has 2 N–H and O–H groups in total. The van der Waals surface area contributed by atoms with Crippen LogP contribution in [0.25, 0.3) is 0 Å². The standard InChI is InChI=1S/C18H22N2O2/c21-14-18(12-15-4-2-1-3-5-15)13-20(11-8-17(18)22)16-6-9-19-10-7-16/h1-7,9-10,17,21-22H,8,11-14H2/t17-,18+/m0/s1. The van der Waals surface area contributed by atoms with E-state index in [2.05, 4.69) is 22.0 Å². The molecule has 2 atom stereocenters. The Morgan fingerprint density at radius 1 is 1.14 bits per heavy atom. The van der Waals surface area contributed by atoms with E-state index in [9.17, 15) is 10.2 Å². The van der Waals surface area contributed by atoms with Crippen LogP contribution in [0.15, 0.2) is 54.9 Å². The maximum Gasteiger partial charge on any atom is 0.0655 e. The molecule has 116 valence electrons. The molecule has 0 unspecified atom stereocenters. The molecule has 1 aliphatic rings. The summed E-state index contributed by atoms with van der Waals surface area (Å²) in [6.45, 7) is 1.41. The minimum atomic E-state index is -0.525. The van der Waals surface area contributed by atoms with Gasteiger partial charge in [0.2, 0.25) is 0 Å². The number of pyridine rings is 1. The van der Waals surface area contributed by atoms with E-state index in [1.807, 2.05) is 30.3 Å². The van der Waals surface area contributed by atoms with Crippen molar-refractivity contribution in [3.8, 4) is 0 Å². The minimum absolute atomic E-state index is 0.0232. The van der Waals surface area contributed by atoms with Crippen molar-refractivity contribution in [2.45, 2.75) is 18.9 Å². The third-order valence-electron chi connectivity index (χ3n) is 4.63. The van der Waals surface area contributed by atoms with E-state index in [1.165, 1.54) is 0 Å². The maximum atomic E-state index is 10.5. The van der Waals surface area contributed by atoms with Gasteiger partial charge in [-0.1, -0.05) is 30.3 Å². The molecule has 0 bridgehead atoms. The average Bonchev–Trinajstić information content (AvgIpc) is 2.58. The summed E-state index contributed by atoms with van der Waals surface area (Å²) in [5, 5.41) is 20.6. The molecule has 1 aromatic carbocycles. The molecule has 2 aromatic rings. The molecule has 1 aromatic heterocycles. The maximum absolute atomic E-state index is 10.5. The summed E-state index contributed by atoms with van der Waals surface area (Å²) >= 11 is 0. The van der Waals surface area contributed by atoms with Crippen molar-refractivity contribution in [3.05, 3.63) is 60.4 Å². The highest BCUT2D eigenvalue weighted by atomic mass is 16.3. The summed E-state index contributed by atoms with van der Waals surface area (Å²) in [6.07, 6.45) is 4.40. The molecule has 2 heterocycles. The quantitative estimate of drug-likeness (QED) is 0.905. The number of aliphatic hydroxyl groups is 2. The van der Waals surface area contributed by atoms with E-state index in [1.54, 1.807) is 12.4 Å². The smallest absolute Gasteiger partial charge is 0.0655 e. The van der Waals surface area contributed by atoms with Crippen LogP contribution in [0, 0.1) is 5.41 Å². The van der Waals surface area contributed by atoms with Gasteiger partial charge in [-0.25, -0.2) is 0 Å². The van der Waals surface area contributed by atoms with E-state index in [-0.39, 0.29) is 6.61 Å². The zero-order valence-corrected chi connectivity index (χ0v) is 12.6. The van der Waals surface area contributed by atoms with Crippen LogP contribution in [0.5, 0.6) is 0 Å². The van der Waals surface area contributed by atoms with Crippen molar-refractivity contribution in [2.24, 2.45) is 5.41 Å². The van der Waals surface area contributed by atoms with Crippen LogP contribution in [0.2, 0.25) is 0 Å². The molecule has 0 spiro atoms. The lowest BCUT2D eigenvalue weighted by atomic mass is 9.73. The van der Waals surface area contributed by atoms with Gasteiger partial charge in [-0.15, -0.1) is 0 Å². The van der Waals surface area contributed by atoms with E-state index >= 15 is 0 Å². The Morgan fingerprint density at radius 2 is 1.86 bits per heavy atom. The number of anilines is 1. The predicted molar refractivity (Wildman–Crippen MR) is 86.7 cm³/mol. The van der Waals surface area contributed by atoms with Crippen LogP contribution in [0.1, 0.15) is 12.0 Å². The molecule has 22 heavy (non-hydrogen) atoms. The molecule has 1 fully saturated rings. The van der Waals surface area contributed by atoms with Crippen LogP contribution in [-0.4, -0.2) is 41.0 Å². The lowest BCUT2D eigenvalue weighted by molar-refractivity contribution is -0.0291. The second kappa shape index (κ2) is 6.46. The van der Waals surface area contributed by atoms with Gasteiger partial charge < -0.3 is 15.1 Å². The van der Waals surface area contributed by atoms with Gasteiger partial charge in [-0.3, -0.25) is 4.98 Å². The van der Waals surface area contributed by atoms with Crippen LogP contribution >= 0.6 is 0 Å². The number of benzene rings is 1. The van der Waals surface area contributed by atoms with E-state index in [4.69, 9.17) is 0 Å². The van der Waals surface area contributed by atoms with E-state index in [0.29, 0.717) is 19.4 Å². The number of aromatic nitrogens is 1. The van der Waals surface area contributed by atoms with Gasteiger partial charge in [0.15, 0.2) is 0 Å². The third kappa shape index (κ3) is 2.98. The topological polar surface area (TPSA) is 56.6 Å². The SMILES string of the molecule is OC[C@@]1(Cc2ccccc2)CN(c2ccncc2)CC[C@@H]1O. The number of hydrogen-bond donors (Lipinski definition) is 2. The third-order valence-corrected chi connectivity index (χ3v) is 4.63. The average molecular weight is 298 g/mol. The van der Waals surface area contributed by atoms with Crippen LogP contribution in [0.4, 0.5) is 5.69 Å². The van der Waals surface area contributed by atoms with Crippen LogP contribution < -0.4 is 4.90 Å². The Hall–Kier alpha value is -1.91. The molecular formula is C18H22N2O2. The van der Waals surface area contributed by atoms with Crippen LogP contribution in [0.3, 0.4) is 0 Å². The van der Waals surface area contributed by atoms with Gasteiger partial charge in [-0.2, -0.15) is 0 Å².